The van der Waals surface area contributed by atoms with Gasteiger partial charge in [-0.3, -0.25) is 14.3 Å². The molecule has 0 radical (unpaired) electrons. The van der Waals surface area contributed by atoms with E-state index < -0.39 is 0 Å². The number of hydrogen-bond donors (Lipinski definition) is 1. The van der Waals surface area contributed by atoms with Gasteiger partial charge in [-0.25, -0.2) is 4.98 Å². The summed E-state index contributed by atoms with van der Waals surface area (Å²) in [5.41, 5.74) is 5.94. The van der Waals surface area contributed by atoms with Crippen LogP contribution in [0.5, 0.6) is 0 Å². The molecule has 0 unspecified atom stereocenters. The molecule has 6 rings (SSSR count). The topological polar surface area (TPSA) is 57.2 Å². The SMILES string of the molecule is Cc1cccc(-n2c(=O)c(CN3CCN(c4cccc5[nH]ccc45)CC3)cc3cccnc32)c1. The minimum absolute atomic E-state index is 0.0105. The van der Waals surface area contributed by atoms with Gasteiger partial charge in [-0.15, -0.1) is 0 Å². The summed E-state index contributed by atoms with van der Waals surface area (Å²) in [6.07, 6.45) is 3.75. The normalized spacial score (nSPS) is 14.8. The Morgan fingerprint density at radius 1 is 0.941 bits per heavy atom. The Bertz CT molecular complexity index is 1540. The van der Waals surface area contributed by atoms with Gasteiger partial charge in [0.05, 0.1) is 5.69 Å². The molecule has 3 aromatic heterocycles. The molecule has 1 aliphatic heterocycles. The van der Waals surface area contributed by atoms with E-state index >= 15 is 0 Å². The first-order chi connectivity index (χ1) is 16.7. The molecule has 6 nitrogen and oxygen atoms in total. The Morgan fingerprint density at radius 2 is 1.79 bits per heavy atom. The molecular weight excluding hydrogens is 422 g/mol. The molecule has 1 N–H and O–H groups in total. The predicted molar refractivity (Wildman–Crippen MR) is 138 cm³/mol. The van der Waals surface area contributed by atoms with Crippen molar-refractivity contribution < 1.29 is 0 Å². The predicted octanol–water partition coefficient (Wildman–Crippen LogP) is 4.50. The van der Waals surface area contributed by atoms with E-state index in [0.717, 1.165) is 48.4 Å². The molecule has 0 amide bonds. The standard InChI is InChI=1S/C28H27N5O/c1-20-5-2-7-23(17-20)33-27-21(6-4-11-30-27)18-22(28(33)34)19-31-13-15-32(16-14-31)26-9-3-8-25-24(26)10-12-29-25/h2-12,17-18,29H,13-16,19H2,1H3. The van der Waals surface area contributed by atoms with Gasteiger partial charge in [0.2, 0.25) is 0 Å². The highest BCUT2D eigenvalue weighted by molar-refractivity contribution is 5.92. The first-order valence-electron chi connectivity index (χ1n) is 11.8. The third-order valence-electron chi connectivity index (χ3n) is 6.77. The quantitative estimate of drug-likeness (QED) is 0.439. The lowest BCUT2D eigenvalue weighted by Crippen LogP contribution is -2.46. The van der Waals surface area contributed by atoms with Crippen LogP contribution in [0.15, 0.2) is 83.9 Å². The molecule has 0 atom stereocenters. The number of rotatable bonds is 4. The molecule has 2 aromatic carbocycles. The molecule has 0 spiro atoms. The summed E-state index contributed by atoms with van der Waals surface area (Å²) in [6, 6.07) is 22.6. The highest BCUT2D eigenvalue weighted by Crippen LogP contribution is 2.27. The van der Waals surface area contributed by atoms with Crippen molar-refractivity contribution in [3.05, 3.63) is 101 Å². The number of aromatic amines is 1. The number of H-pyrrole nitrogens is 1. The number of aryl methyl sites for hydroxylation is 1. The van der Waals surface area contributed by atoms with Crippen molar-refractivity contribution in [2.45, 2.75) is 13.5 Å². The fraction of sp³-hybridized carbons (Fsp3) is 0.214. The molecule has 0 bridgehead atoms. The van der Waals surface area contributed by atoms with Gasteiger partial charge >= 0.3 is 0 Å². The van der Waals surface area contributed by atoms with E-state index in [1.165, 1.54) is 16.6 Å². The first-order valence-corrected chi connectivity index (χ1v) is 11.8. The fourth-order valence-corrected chi connectivity index (χ4v) is 5.05. The van der Waals surface area contributed by atoms with Gasteiger partial charge in [0.1, 0.15) is 5.65 Å². The fourth-order valence-electron chi connectivity index (χ4n) is 5.05. The Balaban J connectivity index is 1.29. The maximum absolute atomic E-state index is 13.7. The van der Waals surface area contributed by atoms with Gasteiger partial charge in [-0.2, -0.15) is 0 Å². The highest BCUT2D eigenvalue weighted by atomic mass is 16.1. The van der Waals surface area contributed by atoms with Crippen LogP contribution >= 0.6 is 0 Å². The zero-order chi connectivity index (χ0) is 23.1. The lowest BCUT2D eigenvalue weighted by molar-refractivity contribution is 0.249. The molecular formula is C28H27N5O. The molecule has 0 aliphatic carbocycles. The van der Waals surface area contributed by atoms with E-state index in [1.807, 2.05) is 55.6 Å². The number of hydrogen-bond acceptors (Lipinski definition) is 4. The average Bonchev–Trinajstić information content (AvgIpc) is 3.34. The zero-order valence-corrected chi connectivity index (χ0v) is 19.2. The molecule has 1 fully saturated rings. The van der Waals surface area contributed by atoms with Crippen LogP contribution in [0.3, 0.4) is 0 Å². The number of piperazine rings is 1. The van der Waals surface area contributed by atoms with E-state index in [-0.39, 0.29) is 5.56 Å². The summed E-state index contributed by atoms with van der Waals surface area (Å²) in [4.78, 5) is 26.3. The number of aromatic nitrogens is 3. The summed E-state index contributed by atoms with van der Waals surface area (Å²) < 4.78 is 1.76. The van der Waals surface area contributed by atoms with Crippen molar-refractivity contribution in [3.63, 3.8) is 0 Å². The molecule has 1 aliphatic rings. The van der Waals surface area contributed by atoms with Crippen molar-refractivity contribution in [3.8, 4) is 5.69 Å². The van der Waals surface area contributed by atoms with Crippen LogP contribution in [0, 0.1) is 6.92 Å². The Hall–Kier alpha value is -3.90. The summed E-state index contributed by atoms with van der Waals surface area (Å²) in [5, 5.41) is 2.25. The minimum atomic E-state index is 0.0105. The van der Waals surface area contributed by atoms with E-state index in [2.05, 4.69) is 44.0 Å². The Morgan fingerprint density at radius 3 is 2.65 bits per heavy atom. The summed E-state index contributed by atoms with van der Waals surface area (Å²) in [7, 11) is 0. The molecule has 170 valence electrons. The van der Waals surface area contributed by atoms with Crippen molar-refractivity contribution in [1.29, 1.82) is 0 Å². The summed E-state index contributed by atoms with van der Waals surface area (Å²) in [5.74, 6) is 0. The third kappa shape index (κ3) is 3.66. The molecule has 4 heterocycles. The number of anilines is 1. The number of benzene rings is 2. The van der Waals surface area contributed by atoms with Gasteiger partial charge in [0.25, 0.3) is 5.56 Å². The van der Waals surface area contributed by atoms with E-state index in [4.69, 9.17) is 0 Å². The van der Waals surface area contributed by atoms with E-state index in [0.29, 0.717) is 12.2 Å². The molecule has 0 saturated carbocycles. The van der Waals surface area contributed by atoms with Crippen LogP contribution < -0.4 is 10.5 Å². The second kappa shape index (κ2) is 8.47. The monoisotopic (exact) mass is 449 g/mol. The second-order valence-corrected chi connectivity index (χ2v) is 9.04. The molecule has 34 heavy (non-hydrogen) atoms. The third-order valence-corrected chi connectivity index (χ3v) is 6.77. The van der Waals surface area contributed by atoms with Crippen LogP contribution in [0.4, 0.5) is 5.69 Å². The maximum Gasteiger partial charge on any atom is 0.261 e. The van der Waals surface area contributed by atoms with E-state index in [9.17, 15) is 4.79 Å². The number of nitrogens with one attached hydrogen (secondary N) is 1. The number of pyridine rings is 2. The first kappa shape index (κ1) is 20.7. The summed E-state index contributed by atoms with van der Waals surface area (Å²) in [6.45, 7) is 6.38. The number of nitrogens with zero attached hydrogens (tertiary/aromatic N) is 4. The lowest BCUT2D eigenvalue weighted by atomic mass is 10.1. The van der Waals surface area contributed by atoms with Gasteiger partial charge in [0, 0.05) is 72.7 Å². The Kier molecular flexibility index (Phi) is 5.15. The van der Waals surface area contributed by atoms with Crippen molar-refractivity contribution in [2.24, 2.45) is 0 Å². The lowest BCUT2D eigenvalue weighted by Gasteiger charge is -2.36. The van der Waals surface area contributed by atoms with Crippen LogP contribution in [-0.2, 0) is 6.54 Å². The molecule has 5 aromatic rings. The molecule has 6 heteroatoms. The van der Waals surface area contributed by atoms with Gasteiger partial charge in [-0.1, -0.05) is 18.2 Å². The largest absolute Gasteiger partial charge is 0.368 e. The van der Waals surface area contributed by atoms with Crippen LogP contribution in [-0.4, -0.2) is 45.6 Å². The van der Waals surface area contributed by atoms with Crippen molar-refractivity contribution in [1.82, 2.24) is 19.4 Å². The van der Waals surface area contributed by atoms with Crippen molar-refractivity contribution >= 4 is 27.6 Å². The number of fused-ring (bicyclic) bond motifs is 2. The Labute approximate surface area is 198 Å². The zero-order valence-electron chi connectivity index (χ0n) is 19.2. The van der Waals surface area contributed by atoms with Crippen LogP contribution in [0.1, 0.15) is 11.1 Å². The van der Waals surface area contributed by atoms with Crippen LogP contribution in [0.2, 0.25) is 0 Å². The maximum atomic E-state index is 13.7. The van der Waals surface area contributed by atoms with Crippen LogP contribution in [0.25, 0.3) is 27.6 Å². The minimum Gasteiger partial charge on any atom is -0.368 e. The molecule has 1 saturated heterocycles. The highest BCUT2D eigenvalue weighted by Gasteiger charge is 2.21. The summed E-state index contributed by atoms with van der Waals surface area (Å²) >= 11 is 0. The smallest absolute Gasteiger partial charge is 0.261 e. The second-order valence-electron chi connectivity index (χ2n) is 9.04. The van der Waals surface area contributed by atoms with Gasteiger partial charge in [0.15, 0.2) is 0 Å². The van der Waals surface area contributed by atoms with Gasteiger partial charge < -0.3 is 9.88 Å². The van der Waals surface area contributed by atoms with E-state index in [1.54, 1.807) is 10.8 Å². The van der Waals surface area contributed by atoms with Gasteiger partial charge in [-0.05, 0) is 61.0 Å². The van der Waals surface area contributed by atoms with Crippen molar-refractivity contribution in [2.75, 3.05) is 31.1 Å². The average molecular weight is 450 g/mol.